The van der Waals surface area contributed by atoms with Crippen molar-refractivity contribution in [3.05, 3.63) is 34.2 Å². The largest absolute Gasteiger partial charge is 0.506 e. The molecule has 5 nitrogen and oxygen atoms in total. The van der Waals surface area contributed by atoms with Crippen molar-refractivity contribution in [3.8, 4) is 5.75 Å². The molecule has 16 heavy (non-hydrogen) atoms. The van der Waals surface area contributed by atoms with Gasteiger partial charge in [-0.1, -0.05) is 0 Å². The molecule has 82 valence electrons. The van der Waals surface area contributed by atoms with Crippen LogP contribution in [0.2, 0.25) is 0 Å². The molecule has 3 N–H and O–H groups in total. The van der Waals surface area contributed by atoms with Gasteiger partial charge in [0.2, 0.25) is 0 Å². The SMILES string of the molecule is CC(=O)c1c(O)c2ccc(N)cc2oc1=O. The van der Waals surface area contributed by atoms with Gasteiger partial charge in [0.05, 0.1) is 5.39 Å². The molecule has 2 aromatic rings. The third-order valence-corrected chi connectivity index (χ3v) is 2.26. The van der Waals surface area contributed by atoms with Crippen molar-refractivity contribution in [2.45, 2.75) is 6.92 Å². The Morgan fingerprint density at radius 1 is 1.44 bits per heavy atom. The van der Waals surface area contributed by atoms with Crippen LogP contribution in [0.4, 0.5) is 5.69 Å². The zero-order valence-electron chi connectivity index (χ0n) is 8.48. The minimum atomic E-state index is -0.858. The summed E-state index contributed by atoms with van der Waals surface area (Å²) in [6.45, 7) is 1.19. The van der Waals surface area contributed by atoms with Crippen LogP contribution in [0, 0.1) is 0 Å². The maximum atomic E-state index is 11.4. The minimum Gasteiger partial charge on any atom is -0.506 e. The second-order valence-corrected chi connectivity index (χ2v) is 3.42. The van der Waals surface area contributed by atoms with Crippen molar-refractivity contribution in [1.82, 2.24) is 0 Å². The number of carbonyl (C=O) groups excluding carboxylic acids is 1. The zero-order chi connectivity index (χ0) is 11.9. The lowest BCUT2D eigenvalue weighted by atomic mass is 10.1. The van der Waals surface area contributed by atoms with Crippen molar-refractivity contribution in [2.24, 2.45) is 0 Å². The topological polar surface area (TPSA) is 93.5 Å². The Balaban J connectivity index is 2.94. The van der Waals surface area contributed by atoms with E-state index in [0.717, 1.165) is 0 Å². The highest BCUT2D eigenvalue weighted by Crippen LogP contribution is 2.27. The van der Waals surface area contributed by atoms with Crippen LogP contribution in [-0.4, -0.2) is 10.9 Å². The summed E-state index contributed by atoms with van der Waals surface area (Å²) in [5.74, 6) is -0.899. The molecule has 2 rings (SSSR count). The predicted molar refractivity (Wildman–Crippen MR) is 58.6 cm³/mol. The molecule has 0 fully saturated rings. The Morgan fingerprint density at radius 2 is 2.12 bits per heavy atom. The number of anilines is 1. The van der Waals surface area contributed by atoms with Crippen LogP contribution < -0.4 is 11.4 Å². The van der Waals surface area contributed by atoms with E-state index in [0.29, 0.717) is 11.1 Å². The quantitative estimate of drug-likeness (QED) is 0.428. The van der Waals surface area contributed by atoms with Gasteiger partial charge in [-0.05, 0) is 19.1 Å². The van der Waals surface area contributed by atoms with Crippen molar-refractivity contribution in [1.29, 1.82) is 0 Å². The van der Waals surface area contributed by atoms with Gasteiger partial charge >= 0.3 is 5.63 Å². The van der Waals surface area contributed by atoms with E-state index in [4.69, 9.17) is 10.2 Å². The van der Waals surface area contributed by atoms with Crippen LogP contribution in [0.1, 0.15) is 17.3 Å². The number of benzene rings is 1. The lowest BCUT2D eigenvalue weighted by Crippen LogP contribution is -2.11. The van der Waals surface area contributed by atoms with Crippen LogP contribution in [0.25, 0.3) is 11.0 Å². The second-order valence-electron chi connectivity index (χ2n) is 3.42. The van der Waals surface area contributed by atoms with Crippen molar-refractivity contribution >= 4 is 22.4 Å². The van der Waals surface area contributed by atoms with Gasteiger partial charge in [-0.3, -0.25) is 4.79 Å². The first-order valence-corrected chi connectivity index (χ1v) is 4.57. The number of carbonyl (C=O) groups is 1. The Bertz CT molecular complexity index is 642. The molecule has 5 heteroatoms. The lowest BCUT2D eigenvalue weighted by molar-refractivity contribution is 0.101. The van der Waals surface area contributed by atoms with E-state index in [2.05, 4.69) is 0 Å². The molecule has 0 amide bonds. The van der Waals surface area contributed by atoms with Gasteiger partial charge in [0.15, 0.2) is 5.78 Å². The average Bonchev–Trinajstić information content (AvgIpc) is 2.15. The van der Waals surface area contributed by atoms with E-state index in [9.17, 15) is 14.7 Å². The Morgan fingerprint density at radius 3 is 2.75 bits per heavy atom. The fourth-order valence-corrected chi connectivity index (χ4v) is 1.51. The summed E-state index contributed by atoms with van der Waals surface area (Å²) in [6, 6.07) is 4.46. The standard InChI is InChI=1S/C11H9NO4/c1-5(13)9-10(14)7-3-2-6(12)4-8(7)16-11(9)15/h2-4,14H,12H2,1H3. The molecule has 0 radical (unpaired) electrons. The van der Waals surface area contributed by atoms with Crippen LogP contribution in [0.3, 0.4) is 0 Å². The molecule has 1 heterocycles. The number of ketones is 1. The fourth-order valence-electron chi connectivity index (χ4n) is 1.51. The van der Waals surface area contributed by atoms with E-state index in [1.807, 2.05) is 0 Å². The third-order valence-electron chi connectivity index (χ3n) is 2.26. The van der Waals surface area contributed by atoms with Crippen LogP contribution in [0.15, 0.2) is 27.4 Å². The summed E-state index contributed by atoms with van der Waals surface area (Å²) in [5, 5.41) is 10.1. The molecular formula is C11H9NO4. The number of aromatic hydroxyl groups is 1. The van der Waals surface area contributed by atoms with Crippen molar-refractivity contribution in [2.75, 3.05) is 5.73 Å². The molecule has 0 atom stereocenters. The minimum absolute atomic E-state index is 0.160. The molecule has 0 unspecified atom stereocenters. The highest BCUT2D eigenvalue weighted by atomic mass is 16.4. The highest BCUT2D eigenvalue weighted by Gasteiger charge is 2.17. The molecule has 0 aliphatic rings. The fraction of sp³-hybridized carbons (Fsp3) is 0.0909. The predicted octanol–water partition coefficient (Wildman–Crippen LogP) is 1.28. The first-order valence-electron chi connectivity index (χ1n) is 4.57. The Hall–Kier alpha value is -2.30. The number of rotatable bonds is 1. The van der Waals surface area contributed by atoms with Gasteiger partial charge in [0.1, 0.15) is 16.9 Å². The summed E-state index contributed by atoms with van der Waals surface area (Å²) in [4.78, 5) is 22.6. The normalized spacial score (nSPS) is 10.6. The first kappa shape index (κ1) is 10.2. The van der Waals surface area contributed by atoms with E-state index in [-0.39, 0.29) is 16.9 Å². The molecule has 1 aromatic carbocycles. The van der Waals surface area contributed by atoms with Gasteiger partial charge in [0.25, 0.3) is 0 Å². The number of hydrogen-bond acceptors (Lipinski definition) is 5. The van der Waals surface area contributed by atoms with E-state index in [1.165, 1.54) is 19.1 Å². The summed E-state index contributed by atoms with van der Waals surface area (Å²) < 4.78 is 4.90. The molecule has 0 saturated carbocycles. The Kier molecular flexibility index (Phi) is 2.16. The number of nitrogen functional groups attached to an aromatic ring is 1. The molecule has 1 aromatic heterocycles. The molecule has 0 aliphatic carbocycles. The summed E-state index contributed by atoms with van der Waals surface area (Å²) >= 11 is 0. The molecule has 0 spiro atoms. The smallest absolute Gasteiger partial charge is 0.351 e. The van der Waals surface area contributed by atoms with Gasteiger partial charge in [-0.25, -0.2) is 4.79 Å². The number of fused-ring (bicyclic) bond motifs is 1. The zero-order valence-corrected chi connectivity index (χ0v) is 8.48. The van der Waals surface area contributed by atoms with E-state index < -0.39 is 11.4 Å². The van der Waals surface area contributed by atoms with Gasteiger partial charge < -0.3 is 15.3 Å². The molecule has 0 bridgehead atoms. The van der Waals surface area contributed by atoms with E-state index >= 15 is 0 Å². The molecule has 0 saturated heterocycles. The van der Waals surface area contributed by atoms with E-state index in [1.54, 1.807) is 6.07 Å². The van der Waals surface area contributed by atoms with Crippen LogP contribution in [-0.2, 0) is 0 Å². The highest BCUT2D eigenvalue weighted by molar-refractivity contribution is 6.01. The van der Waals surface area contributed by atoms with Crippen molar-refractivity contribution in [3.63, 3.8) is 0 Å². The number of Topliss-reactive ketones (excluding diaryl/α,β-unsaturated/α-hetero) is 1. The van der Waals surface area contributed by atoms with Crippen molar-refractivity contribution < 1.29 is 14.3 Å². The van der Waals surface area contributed by atoms with Crippen LogP contribution >= 0.6 is 0 Å². The monoisotopic (exact) mass is 219 g/mol. The maximum absolute atomic E-state index is 11.4. The summed E-state index contributed by atoms with van der Waals surface area (Å²) in [5.41, 5.74) is 4.88. The van der Waals surface area contributed by atoms with Gasteiger partial charge in [-0.15, -0.1) is 0 Å². The van der Waals surface area contributed by atoms with Gasteiger partial charge in [0, 0.05) is 11.8 Å². The van der Waals surface area contributed by atoms with Crippen LogP contribution in [0.5, 0.6) is 5.75 Å². The summed E-state index contributed by atoms with van der Waals surface area (Å²) in [7, 11) is 0. The molecular weight excluding hydrogens is 210 g/mol. The third kappa shape index (κ3) is 1.42. The maximum Gasteiger partial charge on any atom is 0.351 e. The first-order chi connectivity index (χ1) is 7.50. The number of hydrogen-bond donors (Lipinski definition) is 2. The summed E-state index contributed by atoms with van der Waals surface area (Å²) in [6.07, 6.45) is 0. The second kappa shape index (κ2) is 3.37. The number of nitrogens with two attached hydrogens (primary N) is 1. The Labute approximate surface area is 90.1 Å². The molecule has 0 aliphatic heterocycles. The lowest BCUT2D eigenvalue weighted by Gasteiger charge is -2.03. The average molecular weight is 219 g/mol. The van der Waals surface area contributed by atoms with Gasteiger partial charge in [-0.2, -0.15) is 0 Å².